The predicted molar refractivity (Wildman–Crippen MR) is 70.8 cm³/mol. The highest BCUT2D eigenvalue weighted by Gasteiger charge is 2.21. The molecule has 4 heteroatoms. The van der Waals surface area contributed by atoms with E-state index < -0.39 is 0 Å². The first kappa shape index (κ1) is 13.8. The second-order valence-electron chi connectivity index (χ2n) is 4.63. The van der Waals surface area contributed by atoms with E-state index in [1.807, 2.05) is 0 Å². The average Bonchev–Trinajstić information content (AvgIpc) is 2.30. The van der Waals surface area contributed by atoms with Gasteiger partial charge in [-0.3, -0.25) is 4.79 Å². The van der Waals surface area contributed by atoms with Crippen LogP contribution in [0.4, 0.5) is 0 Å². The Labute approximate surface area is 103 Å². The number of nitrogens with one attached hydrogen (secondary N) is 2. The zero-order valence-corrected chi connectivity index (χ0v) is 11.2. The summed E-state index contributed by atoms with van der Waals surface area (Å²) in [7, 11) is 0. The zero-order chi connectivity index (χ0) is 11.8. The van der Waals surface area contributed by atoms with Crippen LogP contribution in [0.15, 0.2) is 0 Å². The lowest BCUT2D eigenvalue weighted by atomic mass is 9.85. The fourth-order valence-electron chi connectivity index (χ4n) is 2.19. The van der Waals surface area contributed by atoms with Gasteiger partial charge in [0.1, 0.15) is 0 Å². The van der Waals surface area contributed by atoms with E-state index in [4.69, 9.17) is 0 Å². The number of carbonyl (C=O) groups is 1. The Morgan fingerprint density at radius 2 is 2.44 bits per heavy atom. The Hall–Kier alpha value is -0.220. The molecular weight excluding hydrogens is 220 g/mol. The Bertz CT molecular complexity index is 205. The van der Waals surface area contributed by atoms with E-state index in [9.17, 15) is 4.79 Å². The number of amides is 1. The molecule has 0 saturated carbocycles. The third-order valence-corrected chi connectivity index (χ3v) is 3.89. The second-order valence-corrected chi connectivity index (χ2v) is 5.62. The number of carbonyl (C=O) groups excluding carboxylic acids is 1. The Balaban J connectivity index is 2.16. The highest BCUT2D eigenvalue weighted by atomic mass is 32.2. The van der Waals surface area contributed by atoms with E-state index in [1.165, 1.54) is 12.8 Å². The molecule has 1 aliphatic rings. The standard InChI is InChI=1S/C12H24N2OS/c1-10(11-4-3-5-13-9-11)8-12(15)14-6-7-16-2/h10-11,13H,3-9H2,1-2H3,(H,14,15). The maximum Gasteiger partial charge on any atom is 0.220 e. The van der Waals surface area contributed by atoms with E-state index in [2.05, 4.69) is 23.8 Å². The van der Waals surface area contributed by atoms with Crippen molar-refractivity contribution < 1.29 is 4.79 Å². The van der Waals surface area contributed by atoms with Crippen LogP contribution in [-0.4, -0.2) is 37.6 Å². The molecule has 1 rings (SSSR count). The molecule has 1 fully saturated rings. The zero-order valence-electron chi connectivity index (χ0n) is 10.4. The molecule has 0 spiro atoms. The molecule has 0 radical (unpaired) electrons. The van der Waals surface area contributed by atoms with Gasteiger partial charge in [-0.2, -0.15) is 11.8 Å². The van der Waals surface area contributed by atoms with Gasteiger partial charge in [-0.1, -0.05) is 6.92 Å². The van der Waals surface area contributed by atoms with Gasteiger partial charge in [0.25, 0.3) is 0 Å². The number of hydrogen-bond acceptors (Lipinski definition) is 3. The molecule has 1 amide bonds. The van der Waals surface area contributed by atoms with E-state index in [0.717, 1.165) is 25.4 Å². The fourth-order valence-corrected chi connectivity index (χ4v) is 2.49. The lowest BCUT2D eigenvalue weighted by Crippen LogP contribution is -2.36. The summed E-state index contributed by atoms with van der Waals surface area (Å²) in [6.45, 7) is 5.23. The first-order valence-corrected chi connectivity index (χ1v) is 7.59. The lowest BCUT2D eigenvalue weighted by molar-refractivity contribution is -0.122. The molecular formula is C12H24N2OS. The molecule has 0 aliphatic carbocycles. The number of rotatable bonds is 6. The molecule has 94 valence electrons. The second kappa shape index (κ2) is 7.96. The summed E-state index contributed by atoms with van der Waals surface area (Å²) in [4.78, 5) is 11.6. The van der Waals surface area contributed by atoms with Gasteiger partial charge < -0.3 is 10.6 Å². The molecule has 2 atom stereocenters. The predicted octanol–water partition coefficient (Wildman–Crippen LogP) is 1.49. The lowest BCUT2D eigenvalue weighted by Gasteiger charge is -2.28. The van der Waals surface area contributed by atoms with Gasteiger partial charge in [0.15, 0.2) is 0 Å². The molecule has 0 aromatic heterocycles. The SMILES string of the molecule is CSCCNC(=O)CC(C)C1CCCNC1. The van der Waals surface area contributed by atoms with Crippen molar-refractivity contribution in [2.24, 2.45) is 11.8 Å². The largest absolute Gasteiger partial charge is 0.355 e. The number of thioether (sulfide) groups is 1. The maximum atomic E-state index is 11.6. The van der Waals surface area contributed by atoms with Crippen LogP contribution < -0.4 is 10.6 Å². The number of piperidine rings is 1. The number of hydrogen-bond donors (Lipinski definition) is 2. The van der Waals surface area contributed by atoms with Crippen LogP contribution in [0.2, 0.25) is 0 Å². The van der Waals surface area contributed by atoms with E-state index in [1.54, 1.807) is 11.8 Å². The van der Waals surface area contributed by atoms with Crippen molar-refractivity contribution >= 4 is 17.7 Å². The molecule has 16 heavy (non-hydrogen) atoms. The van der Waals surface area contributed by atoms with Crippen molar-refractivity contribution in [2.75, 3.05) is 31.6 Å². The minimum atomic E-state index is 0.215. The van der Waals surface area contributed by atoms with Crippen LogP contribution in [0.1, 0.15) is 26.2 Å². The van der Waals surface area contributed by atoms with Crippen LogP contribution in [0.3, 0.4) is 0 Å². The van der Waals surface area contributed by atoms with Crippen molar-refractivity contribution in [1.29, 1.82) is 0 Å². The van der Waals surface area contributed by atoms with Gasteiger partial charge in [0, 0.05) is 18.7 Å². The fraction of sp³-hybridized carbons (Fsp3) is 0.917. The third kappa shape index (κ3) is 5.21. The molecule has 2 N–H and O–H groups in total. The van der Waals surface area contributed by atoms with Crippen LogP contribution in [0, 0.1) is 11.8 Å². The summed E-state index contributed by atoms with van der Waals surface area (Å²) in [6, 6.07) is 0. The first-order chi connectivity index (χ1) is 7.74. The average molecular weight is 244 g/mol. The van der Waals surface area contributed by atoms with Crippen LogP contribution in [-0.2, 0) is 4.79 Å². The highest BCUT2D eigenvalue weighted by molar-refractivity contribution is 7.98. The first-order valence-electron chi connectivity index (χ1n) is 6.20. The molecule has 0 aromatic rings. The topological polar surface area (TPSA) is 41.1 Å². The Morgan fingerprint density at radius 3 is 3.06 bits per heavy atom. The van der Waals surface area contributed by atoms with Crippen molar-refractivity contribution in [1.82, 2.24) is 10.6 Å². The summed E-state index contributed by atoms with van der Waals surface area (Å²) in [5.74, 6) is 2.40. The smallest absolute Gasteiger partial charge is 0.220 e. The van der Waals surface area contributed by atoms with E-state index >= 15 is 0 Å². The van der Waals surface area contributed by atoms with Gasteiger partial charge in [-0.15, -0.1) is 0 Å². The molecule has 1 heterocycles. The third-order valence-electron chi connectivity index (χ3n) is 3.28. The summed E-state index contributed by atoms with van der Waals surface area (Å²) >= 11 is 1.77. The van der Waals surface area contributed by atoms with Gasteiger partial charge in [-0.25, -0.2) is 0 Å². The summed E-state index contributed by atoms with van der Waals surface area (Å²) in [5, 5.41) is 6.38. The van der Waals surface area contributed by atoms with Crippen molar-refractivity contribution in [3.05, 3.63) is 0 Å². The quantitative estimate of drug-likeness (QED) is 0.696. The summed E-state index contributed by atoms with van der Waals surface area (Å²) < 4.78 is 0. The van der Waals surface area contributed by atoms with Crippen LogP contribution in [0.5, 0.6) is 0 Å². The van der Waals surface area contributed by atoms with Crippen LogP contribution >= 0.6 is 11.8 Å². The summed E-state index contributed by atoms with van der Waals surface area (Å²) in [5.41, 5.74) is 0. The molecule has 0 bridgehead atoms. The minimum Gasteiger partial charge on any atom is -0.355 e. The van der Waals surface area contributed by atoms with E-state index in [-0.39, 0.29) is 5.91 Å². The van der Waals surface area contributed by atoms with Crippen molar-refractivity contribution in [3.8, 4) is 0 Å². The van der Waals surface area contributed by atoms with Gasteiger partial charge in [0.2, 0.25) is 5.91 Å². The monoisotopic (exact) mass is 244 g/mol. The summed E-state index contributed by atoms with van der Waals surface area (Å²) in [6.07, 6.45) is 5.26. The van der Waals surface area contributed by atoms with Crippen LogP contribution in [0.25, 0.3) is 0 Å². The maximum absolute atomic E-state index is 11.6. The highest BCUT2D eigenvalue weighted by Crippen LogP contribution is 2.22. The van der Waals surface area contributed by atoms with Crippen molar-refractivity contribution in [2.45, 2.75) is 26.2 Å². The Kier molecular flexibility index (Phi) is 6.88. The molecule has 1 saturated heterocycles. The van der Waals surface area contributed by atoms with Gasteiger partial charge in [0.05, 0.1) is 0 Å². The normalized spacial score (nSPS) is 22.8. The molecule has 2 unspecified atom stereocenters. The van der Waals surface area contributed by atoms with Gasteiger partial charge >= 0.3 is 0 Å². The van der Waals surface area contributed by atoms with E-state index in [0.29, 0.717) is 18.3 Å². The van der Waals surface area contributed by atoms with Crippen molar-refractivity contribution in [3.63, 3.8) is 0 Å². The molecule has 3 nitrogen and oxygen atoms in total. The molecule has 1 aliphatic heterocycles. The van der Waals surface area contributed by atoms with Gasteiger partial charge in [-0.05, 0) is 44.0 Å². The minimum absolute atomic E-state index is 0.215. The molecule has 0 aromatic carbocycles. The Morgan fingerprint density at radius 1 is 1.62 bits per heavy atom.